The minimum absolute atomic E-state index is 0.0257. The van der Waals surface area contributed by atoms with Gasteiger partial charge in [0.05, 0.1) is 30.3 Å². The Morgan fingerprint density at radius 2 is 1.95 bits per heavy atom. The lowest BCUT2D eigenvalue weighted by atomic mass is 9.88. The lowest BCUT2D eigenvalue weighted by Crippen LogP contribution is -2.45. The first-order valence-corrected chi connectivity index (χ1v) is 8.33. The molecule has 108 valence electrons. The predicted octanol–water partition coefficient (Wildman–Crippen LogP) is -0.279. The van der Waals surface area contributed by atoms with E-state index in [0.29, 0.717) is 18.8 Å². The second-order valence-corrected chi connectivity index (χ2v) is 7.30. The molecule has 0 spiro atoms. The molecule has 1 aromatic rings. The van der Waals surface area contributed by atoms with Crippen molar-refractivity contribution in [1.82, 2.24) is 14.3 Å². The molecule has 2 saturated heterocycles. The second kappa shape index (κ2) is 4.78. The maximum absolute atomic E-state index is 12.5. The summed E-state index contributed by atoms with van der Waals surface area (Å²) in [5.74, 6) is -0.154. The molecule has 3 heterocycles. The fourth-order valence-corrected chi connectivity index (χ4v) is 3.86. The Balaban J connectivity index is 1.82. The maximum atomic E-state index is 12.5. The van der Waals surface area contributed by atoms with Crippen LogP contribution in [0.1, 0.15) is 6.42 Å². The molecule has 1 amide bonds. The highest BCUT2D eigenvalue weighted by Gasteiger charge is 2.45. The van der Waals surface area contributed by atoms with Crippen molar-refractivity contribution in [3.63, 3.8) is 0 Å². The summed E-state index contributed by atoms with van der Waals surface area (Å²) in [5, 5.41) is 0. The molecule has 1 aromatic heterocycles. The molecule has 0 saturated carbocycles. The van der Waals surface area contributed by atoms with E-state index in [2.05, 4.69) is 9.97 Å². The molecule has 2 aliphatic heterocycles. The SMILES string of the molecule is CS(=O)(=O)N1C[C@H]2CCN(c3cncnc3)C(=O)[C@@H]2C1. The van der Waals surface area contributed by atoms with Crippen LogP contribution >= 0.6 is 0 Å². The van der Waals surface area contributed by atoms with Crippen molar-refractivity contribution in [2.45, 2.75) is 6.42 Å². The molecular weight excluding hydrogens is 280 g/mol. The lowest BCUT2D eigenvalue weighted by molar-refractivity contribution is -0.124. The first kappa shape index (κ1) is 13.4. The van der Waals surface area contributed by atoms with Crippen LogP contribution in [0, 0.1) is 11.8 Å². The van der Waals surface area contributed by atoms with E-state index < -0.39 is 10.0 Å². The van der Waals surface area contributed by atoms with Crippen molar-refractivity contribution in [3.05, 3.63) is 18.7 Å². The number of hydrogen-bond donors (Lipinski definition) is 0. The highest BCUT2D eigenvalue weighted by Crippen LogP contribution is 2.34. The van der Waals surface area contributed by atoms with Crippen LogP contribution in [0.3, 0.4) is 0 Å². The van der Waals surface area contributed by atoms with Crippen molar-refractivity contribution in [3.8, 4) is 0 Å². The molecule has 0 unspecified atom stereocenters. The largest absolute Gasteiger partial charge is 0.309 e. The van der Waals surface area contributed by atoms with E-state index in [1.165, 1.54) is 16.9 Å². The van der Waals surface area contributed by atoms with Gasteiger partial charge in [-0.05, 0) is 12.3 Å². The van der Waals surface area contributed by atoms with E-state index in [1.807, 2.05) is 0 Å². The Labute approximate surface area is 117 Å². The number of nitrogens with zero attached hydrogens (tertiary/aromatic N) is 4. The van der Waals surface area contributed by atoms with Gasteiger partial charge in [0.15, 0.2) is 0 Å². The molecular formula is C12H16N4O3S. The highest BCUT2D eigenvalue weighted by atomic mass is 32.2. The highest BCUT2D eigenvalue weighted by molar-refractivity contribution is 7.88. The minimum atomic E-state index is -3.23. The van der Waals surface area contributed by atoms with Crippen molar-refractivity contribution in [2.75, 3.05) is 30.8 Å². The van der Waals surface area contributed by atoms with Gasteiger partial charge < -0.3 is 4.90 Å². The topological polar surface area (TPSA) is 83.5 Å². The normalized spacial score (nSPS) is 27.6. The third-order valence-electron chi connectivity index (χ3n) is 4.04. The number of fused-ring (bicyclic) bond motifs is 1. The lowest BCUT2D eigenvalue weighted by Gasteiger charge is -2.33. The van der Waals surface area contributed by atoms with E-state index in [9.17, 15) is 13.2 Å². The number of carbonyl (C=O) groups excluding carboxylic acids is 1. The zero-order valence-electron chi connectivity index (χ0n) is 11.1. The van der Waals surface area contributed by atoms with Crippen LogP contribution in [-0.2, 0) is 14.8 Å². The van der Waals surface area contributed by atoms with Crippen molar-refractivity contribution >= 4 is 21.6 Å². The summed E-state index contributed by atoms with van der Waals surface area (Å²) in [6.45, 7) is 1.33. The Morgan fingerprint density at radius 1 is 1.25 bits per heavy atom. The van der Waals surface area contributed by atoms with Crippen molar-refractivity contribution in [2.24, 2.45) is 11.8 Å². The summed E-state index contributed by atoms with van der Waals surface area (Å²) in [6, 6.07) is 0. The summed E-state index contributed by atoms with van der Waals surface area (Å²) < 4.78 is 24.6. The third-order valence-corrected chi connectivity index (χ3v) is 5.28. The van der Waals surface area contributed by atoms with Gasteiger partial charge in [0.2, 0.25) is 15.9 Å². The van der Waals surface area contributed by atoms with Gasteiger partial charge in [0, 0.05) is 19.6 Å². The van der Waals surface area contributed by atoms with Gasteiger partial charge in [-0.1, -0.05) is 0 Å². The van der Waals surface area contributed by atoms with E-state index in [0.717, 1.165) is 6.42 Å². The Hall–Kier alpha value is -1.54. The van der Waals surface area contributed by atoms with Crippen LogP contribution in [0.5, 0.6) is 0 Å². The molecule has 3 rings (SSSR count). The maximum Gasteiger partial charge on any atom is 0.231 e. The summed E-state index contributed by atoms with van der Waals surface area (Å²) >= 11 is 0. The van der Waals surface area contributed by atoms with Crippen LogP contribution < -0.4 is 4.90 Å². The van der Waals surface area contributed by atoms with Crippen LogP contribution in [-0.4, -0.2) is 54.5 Å². The number of carbonyl (C=O) groups is 1. The van der Waals surface area contributed by atoms with Crippen LogP contribution in [0.15, 0.2) is 18.7 Å². The molecule has 0 bridgehead atoms. The molecule has 8 heteroatoms. The Bertz CT molecular complexity index is 619. The quantitative estimate of drug-likeness (QED) is 0.749. The summed E-state index contributed by atoms with van der Waals surface area (Å²) in [5.41, 5.74) is 0.675. The van der Waals surface area contributed by atoms with Gasteiger partial charge in [0.1, 0.15) is 6.33 Å². The average molecular weight is 296 g/mol. The van der Waals surface area contributed by atoms with Gasteiger partial charge in [-0.25, -0.2) is 22.7 Å². The fraction of sp³-hybridized carbons (Fsp3) is 0.583. The van der Waals surface area contributed by atoms with Gasteiger partial charge in [-0.3, -0.25) is 4.79 Å². The minimum Gasteiger partial charge on any atom is -0.309 e. The number of sulfonamides is 1. The van der Waals surface area contributed by atoms with Crippen LogP contribution in [0.2, 0.25) is 0 Å². The number of rotatable bonds is 2. The second-order valence-electron chi connectivity index (χ2n) is 5.32. The number of anilines is 1. The first-order chi connectivity index (χ1) is 9.47. The van der Waals surface area contributed by atoms with Crippen LogP contribution in [0.25, 0.3) is 0 Å². The molecule has 2 atom stereocenters. The average Bonchev–Trinajstić information content (AvgIpc) is 2.85. The zero-order chi connectivity index (χ0) is 14.3. The first-order valence-electron chi connectivity index (χ1n) is 6.48. The molecule has 2 fully saturated rings. The van der Waals surface area contributed by atoms with Crippen molar-refractivity contribution < 1.29 is 13.2 Å². The number of amides is 1. The Morgan fingerprint density at radius 3 is 2.60 bits per heavy atom. The molecule has 0 radical (unpaired) electrons. The van der Waals surface area contributed by atoms with Gasteiger partial charge in [-0.2, -0.15) is 0 Å². The summed E-state index contributed by atoms with van der Waals surface area (Å²) in [7, 11) is -3.23. The summed E-state index contributed by atoms with van der Waals surface area (Å²) in [4.78, 5) is 22.0. The summed E-state index contributed by atoms with van der Waals surface area (Å²) in [6.07, 6.45) is 6.62. The number of aromatic nitrogens is 2. The smallest absolute Gasteiger partial charge is 0.231 e. The monoisotopic (exact) mass is 296 g/mol. The van der Waals surface area contributed by atoms with Crippen LogP contribution in [0.4, 0.5) is 5.69 Å². The standard InChI is InChI=1S/C12H16N4O3S/c1-20(18,19)15-6-9-2-3-16(12(17)11(9)7-15)10-4-13-8-14-5-10/h4-5,8-9,11H,2-3,6-7H2,1H3/t9-,11-/m1/s1. The zero-order valence-corrected chi connectivity index (χ0v) is 12.0. The van der Waals surface area contributed by atoms with Gasteiger partial charge in [-0.15, -0.1) is 0 Å². The third kappa shape index (κ3) is 2.29. The molecule has 0 aromatic carbocycles. The van der Waals surface area contributed by atoms with E-state index in [1.54, 1.807) is 17.3 Å². The number of hydrogen-bond acceptors (Lipinski definition) is 5. The van der Waals surface area contributed by atoms with Crippen molar-refractivity contribution in [1.29, 1.82) is 0 Å². The van der Waals surface area contributed by atoms with Gasteiger partial charge in [0.25, 0.3) is 0 Å². The molecule has 0 aliphatic carbocycles. The van der Waals surface area contributed by atoms with E-state index in [4.69, 9.17) is 0 Å². The van der Waals surface area contributed by atoms with Gasteiger partial charge >= 0.3 is 0 Å². The predicted molar refractivity (Wildman–Crippen MR) is 72.4 cm³/mol. The molecule has 20 heavy (non-hydrogen) atoms. The fourth-order valence-electron chi connectivity index (χ4n) is 2.97. The number of piperidine rings is 1. The Kier molecular flexibility index (Phi) is 3.21. The molecule has 7 nitrogen and oxygen atoms in total. The van der Waals surface area contributed by atoms with E-state index in [-0.39, 0.29) is 24.3 Å². The molecule has 2 aliphatic rings. The van der Waals surface area contributed by atoms with E-state index >= 15 is 0 Å². The molecule has 0 N–H and O–H groups in total.